The van der Waals surface area contributed by atoms with Crippen LogP contribution in [0.4, 0.5) is 4.39 Å². The summed E-state index contributed by atoms with van der Waals surface area (Å²) >= 11 is 0. The molecule has 114 valence electrons. The molecule has 0 aliphatic heterocycles. The van der Waals surface area contributed by atoms with Gasteiger partial charge in [0.15, 0.2) is 6.20 Å². The molecule has 0 unspecified atom stereocenters. The first-order valence-electron chi connectivity index (χ1n) is 8.04. The highest BCUT2D eigenvalue weighted by Crippen LogP contribution is 2.38. The second-order valence-corrected chi connectivity index (χ2v) is 6.32. The van der Waals surface area contributed by atoms with Gasteiger partial charge in [-0.2, -0.15) is 4.57 Å². The number of benzene rings is 4. The molecule has 5 rings (SSSR count). The van der Waals surface area contributed by atoms with E-state index in [0.29, 0.717) is 0 Å². The monoisotopic (exact) mass is 312 g/mol. The van der Waals surface area contributed by atoms with Crippen molar-refractivity contribution >= 4 is 32.3 Å². The van der Waals surface area contributed by atoms with Gasteiger partial charge in [-0.3, -0.25) is 0 Å². The summed E-state index contributed by atoms with van der Waals surface area (Å²) in [6.45, 7) is 0. The minimum absolute atomic E-state index is 0.238. The van der Waals surface area contributed by atoms with Crippen molar-refractivity contribution in [1.82, 2.24) is 0 Å². The molecule has 0 amide bonds. The predicted octanol–water partition coefficient (Wildman–Crippen LogP) is 5.21. The lowest BCUT2D eigenvalue weighted by Crippen LogP contribution is -2.31. The molecule has 0 spiro atoms. The Labute approximate surface area is 138 Å². The van der Waals surface area contributed by atoms with Gasteiger partial charge in [0.25, 0.3) is 0 Å². The molecule has 0 fully saturated rings. The van der Waals surface area contributed by atoms with E-state index in [1.165, 1.54) is 36.9 Å². The number of rotatable bonds is 1. The molecule has 24 heavy (non-hydrogen) atoms. The third-order valence-corrected chi connectivity index (χ3v) is 4.93. The van der Waals surface area contributed by atoms with Crippen LogP contribution in [0.25, 0.3) is 43.4 Å². The molecule has 0 radical (unpaired) electrons. The lowest BCUT2D eigenvalue weighted by atomic mass is 9.90. The van der Waals surface area contributed by atoms with Gasteiger partial charge < -0.3 is 0 Å². The summed E-state index contributed by atoms with van der Waals surface area (Å²) in [5, 5.41) is 7.43. The number of aryl methyl sites for hydroxylation is 1. The molecule has 0 aliphatic carbocycles. The van der Waals surface area contributed by atoms with E-state index in [9.17, 15) is 4.39 Å². The third-order valence-electron chi connectivity index (χ3n) is 4.93. The van der Waals surface area contributed by atoms with Crippen molar-refractivity contribution < 1.29 is 8.96 Å². The van der Waals surface area contributed by atoms with Gasteiger partial charge in [0, 0.05) is 12.1 Å². The van der Waals surface area contributed by atoms with Crippen molar-refractivity contribution in [2.75, 3.05) is 0 Å². The molecule has 0 bridgehead atoms. The zero-order chi connectivity index (χ0) is 16.3. The fraction of sp³-hybridized carbons (Fsp3) is 0.0455. The molecule has 1 heterocycles. The topological polar surface area (TPSA) is 3.88 Å². The molecular weight excluding hydrogens is 297 g/mol. The number of halogens is 1. The van der Waals surface area contributed by atoms with E-state index < -0.39 is 0 Å². The molecule has 4 aromatic carbocycles. The highest BCUT2D eigenvalue weighted by atomic mass is 19.1. The number of pyridine rings is 1. The van der Waals surface area contributed by atoms with Crippen molar-refractivity contribution in [2.24, 2.45) is 7.05 Å². The van der Waals surface area contributed by atoms with Crippen LogP contribution in [0.1, 0.15) is 0 Å². The Hall–Kier alpha value is -3.00. The summed E-state index contributed by atoms with van der Waals surface area (Å²) in [5.74, 6) is -0.238. The largest absolute Gasteiger partial charge is 0.359 e. The van der Waals surface area contributed by atoms with Gasteiger partial charge in [-0.1, -0.05) is 54.6 Å². The first kappa shape index (κ1) is 13.4. The quantitative estimate of drug-likeness (QED) is 0.227. The summed E-state index contributed by atoms with van der Waals surface area (Å²) < 4.78 is 15.5. The second-order valence-electron chi connectivity index (χ2n) is 6.32. The van der Waals surface area contributed by atoms with Crippen LogP contribution in [0.5, 0.6) is 0 Å². The Kier molecular flexibility index (Phi) is 2.66. The van der Waals surface area contributed by atoms with E-state index in [-0.39, 0.29) is 5.95 Å². The van der Waals surface area contributed by atoms with Crippen LogP contribution in [0.3, 0.4) is 0 Å². The zero-order valence-electron chi connectivity index (χ0n) is 13.3. The maximum Gasteiger partial charge on any atom is 0.359 e. The molecule has 5 aromatic rings. The van der Waals surface area contributed by atoms with Gasteiger partial charge in [0.2, 0.25) is 0 Å². The Morgan fingerprint density at radius 2 is 1.42 bits per heavy atom. The maximum absolute atomic E-state index is 14.0. The Bertz CT molecular complexity index is 1210. The lowest BCUT2D eigenvalue weighted by molar-refractivity contribution is -0.700. The molecule has 2 heteroatoms. The number of nitrogens with zero attached hydrogens (tertiary/aromatic N) is 1. The third kappa shape index (κ3) is 1.77. The van der Waals surface area contributed by atoms with Crippen molar-refractivity contribution in [3.8, 4) is 11.1 Å². The molecule has 0 saturated heterocycles. The average Bonchev–Trinajstić information content (AvgIpc) is 2.62. The zero-order valence-corrected chi connectivity index (χ0v) is 13.3. The van der Waals surface area contributed by atoms with Crippen LogP contribution in [0.15, 0.2) is 72.9 Å². The van der Waals surface area contributed by atoms with Crippen LogP contribution in [0, 0.1) is 5.95 Å². The molecule has 1 nitrogen and oxygen atoms in total. The minimum Gasteiger partial charge on any atom is -0.176 e. The smallest absolute Gasteiger partial charge is 0.176 e. The molecule has 0 N–H and O–H groups in total. The number of aromatic nitrogens is 1. The second kappa shape index (κ2) is 4.75. The van der Waals surface area contributed by atoms with Crippen molar-refractivity contribution in [3.05, 3.63) is 78.9 Å². The summed E-state index contributed by atoms with van der Waals surface area (Å²) in [6, 6.07) is 22.8. The van der Waals surface area contributed by atoms with E-state index in [4.69, 9.17) is 0 Å². The number of hydrogen-bond donors (Lipinski definition) is 0. The van der Waals surface area contributed by atoms with E-state index in [2.05, 4.69) is 54.6 Å². The van der Waals surface area contributed by atoms with E-state index in [0.717, 1.165) is 11.1 Å². The highest BCUT2D eigenvalue weighted by molar-refractivity contribution is 6.25. The van der Waals surface area contributed by atoms with Gasteiger partial charge in [0.1, 0.15) is 7.05 Å². The average molecular weight is 312 g/mol. The van der Waals surface area contributed by atoms with Crippen LogP contribution in [0.2, 0.25) is 0 Å². The summed E-state index contributed by atoms with van der Waals surface area (Å²) in [6.07, 6.45) is 1.77. The molecule has 1 aromatic heterocycles. The first-order chi connectivity index (χ1) is 11.7. The fourth-order valence-electron chi connectivity index (χ4n) is 3.70. The van der Waals surface area contributed by atoms with E-state index >= 15 is 0 Å². The van der Waals surface area contributed by atoms with Crippen molar-refractivity contribution in [1.29, 1.82) is 0 Å². The Balaban J connectivity index is 1.95. The minimum atomic E-state index is -0.238. The summed E-state index contributed by atoms with van der Waals surface area (Å²) in [7, 11) is 1.71. The fourth-order valence-corrected chi connectivity index (χ4v) is 3.70. The van der Waals surface area contributed by atoms with Gasteiger partial charge >= 0.3 is 5.95 Å². The van der Waals surface area contributed by atoms with E-state index in [1.54, 1.807) is 19.3 Å². The van der Waals surface area contributed by atoms with Gasteiger partial charge in [-0.05, 0) is 43.4 Å². The maximum atomic E-state index is 14.0. The Morgan fingerprint density at radius 1 is 0.750 bits per heavy atom. The molecule has 0 saturated carbocycles. The predicted molar refractivity (Wildman–Crippen MR) is 96.7 cm³/mol. The van der Waals surface area contributed by atoms with Gasteiger partial charge in [0.05, 0.1) is 0 Å². The first-order valence-corrected chi connectivity index (χ1v) is 8.04. The van der Waals surface area contributed by atoms with Crippen LogP contribution >= 0.6 is 0 Å². The van der Waals surface area contributed by atoms with Gasteiger partial charge in [-0.25, -0.2) is 0 Å². The molecule has 0 atom stereocenters. The summed E-state index contributed by atoms with van der Waals surface area (Å²) in [4.78, 5) is 0. The summed E-state index contributed by atoms with van der Waals surface area (Å²) in [5.41, 5.74) is 1.98. The van der Waals surface area contributed by atoms with Crippen molar-refractivity contribution in [3.63, 3.8) is 0 Å². The lowest BCUT2D eigenvalue weighted by Gasteiger charge is -2.13. The SMILES string of the molecule is C[n+]1ccc(-c2ccc3ccc4cccc5ccc2c3c45)cc1F. The highest BCUT2D eigenvalue weighted by Gasteiger charge is 2.14. The van der Waals surface area contributed by atoms with Crippen molar-refractivity contribution in [2.45, 2.75) is 0 Å². The number of hydrogen-bond acceptors (Lipinski definition) is 0. The normalized spacial score (nSPS) is 11.8. The molecular formula is C22H15FN+. The van der Waals surface area contributed by atoms with Crippen LogP contribution < -0.4 is 4.57 Å². The van der Waals surface area contributed by atoms with E-state index in [1.807, 2.05) is 6.07 Å². The molecule has 0 aliphatic rings. The van der Waals surface area contributed by atoms with Crippen LogP contribution in [-0.2, 0) is 7.05 Å². The Morgan fingerprint density at radius 3 is 2.17 bits per heavy atom. The standard InChI is InChI=1S/C22H15FN/c1-24-12-11-17(13-20(24)23)18-9-7-16-6-5-14-3-2-4-15-8-10-19(18)22(16)21(14)15/h2-13H,1H3/q+1. The van der Waals surface area contributed by atoms with Crippen LogP contribution in [-0.4, -0.2) is 0 Å². The van der Waals surface area contributed by atoms with Gasteiger partial charge in [-0.15, -0.1) is 4.39 Å².